The smallest absolute Gasteiger partial charge is 0.163 e. The molecule has 1 aromatic heterocycles. The van der Waals surface area contributed by atoms with Gasteiger partial charge in [0, 0.05) is 5.69 Å². The van der Waals surface area contributed by atoms with E-state index in [0.29, 0.717) is 6.67 Å². The van der Waals surface area contributed by atoms with Gasteiger partial charge in [-0.2, -0.15) is 0 Å². The molecular formula is C14H11FN2S2. The Hall–Kier alpha value is -1.72. The highest BCUT2D eigenvalue weighted by Crippen LogP contribution is 2.22. The van der Waals surface area contributed by atoms with E-state index < -0.39 is 0 Å². The maximum Gasteiger partial charge on any atom is 0.163 e. The number of para-hydroxylation sites is 1. The van der Waals surface area contributed by atoms with Gasteiger partial charge in [-0.3, -0.25) is 0 Å². The zero-order valence-corrected chi connectivity index (χ0v) is 11.6. The number of hydrogen-bond acceptors (Lipinski definition) is 3. The van der Waals surface area contributed by atoms with E-state index in [-0.39, 0.29) is 5.82 Å². The number of benzene rings is 2. The standard InChI is InChI=1S/C14H11FN2S2/c15-10-5-7-11(8-6-10)16-9-17-12-3-1-2-4-13(12)19-14(17)18/h1-8,16H,9H2. The molecule has 0 aliphatic rings. The highest BCUT2D eigenvalue weighted by atomic mass is 32.1. The summed E-state index contributed by atoms with van der Waals surface area (Å²) >= 11 is 6.96. The third kappa shape index (κ3) is 2.52. The summed E-state index contributed by atoms with van der Waals surface area (Å²) < 4.78 is 16.9. The zero-order valence-electron chi connectivity index (χ0n) is 9.97. The van der Waals surface area contributed by atoms with Gasteiger partial charge in [0.15, 0.2) is 3.95 Å². The lowest BCUT2D eigenvalue weighted by molar-refractivity contribution is 0.628. The van der Waals surface area contributed by atoms with Crippen LogP contribution in [0.2, 0.25) is 0 Å². The average molecular weight is 290 g/mol. The summed E-state index contributed by atoms with van der Waals surface area (Å²) in [7, 11) is 0. The van der Waals surface area contributed by atoms with Crippen molar-refractivity contribution in [1.29, 1.82) is 0 Å². The molecule has 0 spiro atoms. The maximum atomic E-state index is 12.8. The molecule has 0 fully saturated rings. The lowest BCUT2D eigenvalue weighted by Crippen LogP contribution is -2.07. The fourth-order valence-electron chi connectivity index (χ4n) is 1.90. The Kier molecular flexibility index (Phi) is 3.31. The Morgan fingerprint density at radius 1 is 1.11 bits per heavy atom. The molecular weight excluding hydrogens is 279 g/mol. The van der Waals surface area contributed by atoms with Crippen molar-refractivity contribution in [2.45, 2.75) is 6.67 Å². The summed E-state index contributed by atoms with van der Waals surface area (Å²) in [6.45, 7) is 0.578. The lowest BCUT2D eigenvalue weighted by atomic mass is 10.3. The van der Waals surface area contributed by atoms with Crippen LogP contribution in [-0.4, -0.2) is 4.57 Å². The third-order valence-electron chi connectivity index (χ3n) is 2.86. The number of halogens is 1. The first-order valence-corrected chi connectivity index (χ1v) is 7.04. The Labute approximate surface area is 119 Å². The minimum absolute atomic E-state index is 0.233. The Balaban J connectivity index is 1.87. The summed E-state index contributed by atoms with van der Waals surface area (Å²) in [6.07, 6.45) is 0. The van der Waals surface area contributed by atoms with E-state index in [1.165, 1.54) is 16.8 Å². The van der Waals surface area contributed by atoms with Gasteiger partial charge in [-0.25, -0.2) is 4.39 Å². The van der Waals surface area contributed by atoms with Crippen molar-refractivity contribution in [3.8, 4) is 0 Å². The van der Waals surface area contributed by atoms with Crippen LogP contribution >= 0.6 is 23.6 Å². The van der Waals surface area contributed by atoms with Crippen molar-refractivity contribution >= 4 is 39.5 Å². The number of hydrogen-bond donors (Lipinski definition) is 1. The molecule has 0 aliphatic carbocycles. The van der Waals surface area contributed by atoms with Crippen LogP contribution < -0.4 is 5.32 Å². The highest BCUT2D eigenvalue weighted by molar-refractivity contribution is 7.73. The van der Waals surface area contributed by atoms with E-state index in [1.807, 2.05) is 22.8 Å². The molecule has 3 aromatic rings. The van der Waals surface area contributed by atoms with Crippen molar-refractivity contribution < 1.29 is 4.39 Å². The fraction of sp³-hybridized carbons (Fsp3) is 0.0714. The first-order valence-electron chi connectivity index (χ1n) is 5.82. The van der Waals surface area contributed by atoms with Crippen LogP contribution in [0.5, 0.6) is 0 Å². The van der Waals surface area contributed by atoms with E-state index in [2.05, 4.69) is 11.4 Å². The van der Waals surface area contributed by atoms with Gasteiger partial charge >= 0.3 is 0 Å². The monoisotopic (exact) mass is 290 g/mol. The number of nitrogens with zero attached hydrogens (tertiary/aromatic N) is 1. The van der Waals surface area contributed by atoms with Crippen LogP contribution in [0.1, 0.15) is 0 Å². The van der Waals surface area contributed by atoms with Crippen LogP contribution in [0, 0.1) is 9.77 Å². The maximum absolute atomic E-state index is 12.8. The molecule has 0 radical (unpaired) electrons. The van der Waals surface area contributed by atoms with Gasteiger partial charge in [0.2, 0.25) is 0 Å². The number of thiazole rings is 1. The fourth-order valence-corrected chi connectivity index (χ4v) is 3.22. The van der Waals surface area contributed by atoms with Crippen molar-refractivity contribution in [1.82, 2.24) is 4.57 Å². The average Bonchev–Trinajstić information content (AvgIpc) is 2.74. The quantitative estimate of drug-likeness (QED) is 0.708. The van der Waals surface area contributed by atoms with Crippen LogP contribution in [0.25, 0.3) is 10.2 Å². The molecule has 0 saturated heterocycles. The molecule has 0 unspecified atom stereocenters. The van der Waals surface area contributed by atoms with Crippen molar-refractivity contribution in [2.75, 3.05) is 5.32 Å². The van der Waals surface area contributed by atoms with Crippen LogP contribution in [0.3, 0.4) is 0 Å². The molecule has 3 rings (SSSR count). The van der Waals surface area contributed by atoms with Crippen molar-refractivity contribution in [2.24, 2.45) is 0 Å². The molecule has 0 amide bonds. The van der Waals surface area contributed by atoms with E-state index in [9.17, 15) is 4.39 Å². The molecule has 2 nitrogen and oxygen atoms in total. The summed E-state index contributed by atoms with van der Waals surface area (Å²) in [5, 5.41) is 3.24. The van der Waals surface area contributed by atoms with E-state index >= 15 is 0 Å². The first-order chi connectivity index (χ1) is 9.24. The second-order valence-corrected chi connectivity index (χ2v) is 5.78. The van der Waals surface area contributed by atoms with Gasteiger partial charge in [0.05, 0.1) is 16.9 Å². The topological polar surface area (TPSA) is 17.0 Å². The minimum atomic E-state index is -0.233. The lowest BCUT2D eigenvalue weighted by Gasteiger charge is -2.08. The summed E-state index contributed by atoms with van der Waals surface area (Å²) in [4.78, 5) is 0. The van der Waals surface area contributed by atoms with Gasteiger partial charge < -0.3 is 9.88 Å². The predicted octanol–water partition coefficient (Wildman–Crippen LogP) is 4.64. The molecule has 2 aromatic carbocycles. The summed E-state index contributed by atoms with van der Waals surface area (Å²) in [5.74, 6) is -0.233. The van der Waals surface area contributed by atoms with Crippen molar-refractivity contribution in [3.63, 3.8) is 0 Å². The zero-order chi connectivity index (χ0) is 13.2. The van der Waals surface area contributed by atoms with Crippen LogP contribution in [0.15, 0.2) is 48.5 Å². The summed E-state index contributed by atoms with van der Waals surface area (Å²) in [6, 6.07) is 14.4. The molecule has 96 valence electrons. The van der Waals surface area contributed by atoms with Gasteiger partial charge in [-0.1, -0.05) is 12.1 Å². The van der Waals surface area contributed by atoms with Gasteiger partial charge in [0.25, 0.3) is 0 Å². The minimum Gasteiger partial charge on any atom is -0.367 e. The second-order valence-electron chi connectivity index (χ2n) is 4.11. The normalized spacial score (nSPS) is 10.8. The molecule has 19 heavy (non-hydrogen) atoms. The second kappa shape index (κ2) is 5.11. The third-order valence-corrected chi connectivity index (χ3v) is 4.29. The van der Waals surface area contributed by atoms with E-state index in [4.69, 9.17) is 12.2 Å². The highest BCUT2D eigenvalue weighted by Gasteiger charge is 2.03. The number of nitrogens with one attached hydrogen (secondary N) is 1. The van der Waals surface area contributed by atoms with E-state index in [1.54, 1.807) is 23.5 Å². The molecule has 1 heterocycles. The molecule has 5 heteroatoms. The Morgan fingerprint density at radius 3 is 2.63 bits per heavy atom. The molecule has 0 aliphatic heterocycles. The Bertz CT molecular complexity index is 759. The molecule has 1 N–H and O–H groups in total. The van der Waals surface area contributed by atoms with Crippen molar-refractivity contribution in [3.05, 3.63) is 58.3 Å². The first kappa shape index (κ1) is 12.3. The largest absolute Gasteiger partial charge is 0.367 e. The van der Waals surface area contributed by atoms with Crippen LogP contribution in [-0.2, 0) is 6.67 Å². The molecule has 0 atom stereocenters. The SMILES string of the molecule is Fc1ccc(NCn2c(=S)sc3ccccc32)cc1. The number of anilines is 1. The molecule has 0 bridgehead atoms. The van der Waals surface area contributed by atoms with Gasteiger partial charge in [0.1, 0.15) is 5.82 Å². The molecule has 0 saturated carbocycles. The number of aromatic nitrogens is 1. The predicted molar refractivity (Wildman–Crippen MR) is 80.7 cm³/mol. The van der Waals surface area contributed by atoms with Gasteiger partial charge in [-0.05, 0) is 48.6 Å². The van der Waals surface area contributed by atoms with E-state index in [0.717, 1.165) is 15.2 Å². The summed E-state index contributed by atoms with van der Waals surface area (Å²) in [5.41, 5.74) is 1.99. The van der Waals surface area contributed by atoms with Crippen LogP contribution in [0.4, 0.5) is 10.1 Å². The van der Waals surface area contributed by atoms with Gasteiger partial charge in [-0.15, -0.1) is 11.3 Å². The number of fused-ring (bicyclic) bond motifs is 1. The Morgan fingerprint density at radius 2 is 1.84 bits per heavy atom. The number of rotatable bonds is 3.